The fourth-order valence-corrected chi connectivity index (χ4v) is 1.03. The molecule has 2 atom stereocenters. The van der Waals surface area contributed by atoms with Gasteiger partial charge in [0.25, 0.3) is 0 Å². The molecule has 8 heavy (non-hydrogen) atoms. The summed E-state index contributed by atoms with van der Waals surface area (Å²) in [7, 11) is 0. The van der Waals surface area contributed by atoms with Gasteiger partial charge in [-0.15, -0.1) is 0 Å². The quantitative estimate of drug-likeness (QED) is 0.509. The van der Waals surface area contributed by atoms with Gasteiger partial charge in [-0.2, -0.15) is 0 Å². The molecule has 0 bridgehead atoms. The van der Waals surface area contributed by atoms with Crippen LogP contribution >= 0.6 is 0 Å². The number of nitrogens with zero attached hydrogens (tertiary/aromatic N) is 1. The van der Waals surface area contributed by atoms with Gasteiger partial charge in [0.2, 0.25) is 0 Å². The van der Waals surface area contributed by atoms with Gasteiger partial charge in [-0.1, -0.05) is 0 Å². The number of hydrogen-bond donors (Lipinski definition) is 1. The average molecular weight is 113 g/mol. The van der Waals surface area contributed by atoms with Crippen LogP contribution in [0.4, 0.5) is 0 Å². The molecule has 0 aromatic rings. The van der Waals surface area contributed by atoms with Crippen molar-refractivity contribution in [1.29, 1.82) is 0 Å². The first-order valence-electron chi connectivity index (χ1n) is 3.19. The Morgan fingerprint density at radius 1 is 1.75 bits per heavy atom. The summed E-state index contributed by atoms with van der Waals surface area (Å²) in [5.41, 5.74) is 5.64. The third-order valence-corrected chi connectivity index (χ3v) is 1.77. The first kappa shape index (κ1) is 6.05. The molecule has 0 aliphatic carbocycles. The van der Waals surface area contributed by atoms with Crippen molar-refractivity contribution in [2.45, 2.75) is 19.4 Å². The van der Waals surface area contributed by atoms with Crippen LogP contribution < -0.4 is 11.1 Å². The highest BCUT2D eigenvalue weighted by Crippen LogP contribution is 2.10. The summed E-state index contributed by atoms with van der Waals surface area (Å²) in [6.45, 7) is 4.09. The van der Waals surface area contributed by atoms with Crippen molar-refractivity contribution in [3.05, 3.63) is 0 Å². The molecule has 1 heterocycles. The molecule has 2 heteroatoms. The normalized spacial score (nSPS) is 33.0. The summed E-state index contributed by atoms with van der Waals surface area (Å²) in [5.74, 6) is 0.676. The fourth-order valence-electron chi connectivity index (χ4n) is 1.03. The van der Waals surface area contributed by atoms with Crippen molar-refractivity contribution in [2.24, 2.45) is 11.7 Å². The van der Waals surface area contributed by atoms with Gasteiger partial charge in [-0.05, 0) is 19.3 Å². The van der Waals surface area contributed by atoms with E-state index < -0.39 is 0 Å². The van der Waals surface area contributed by atoms with E-state index in [4.69, 9.17) is 5.73 Å². The first-order valence-corrected chi connectivity index (χ1v) is 3.19. The zero-order valence-electron chi connectivity index (χ0n) is 5.30. The van der Waals surface area contributed by atoms with Crippen molar-refractivity contribution in [3.8, 4) is 0 Å². The molecule has 1 saturated heterocycles. The molecule has 1 aliphatic heterocycles. The standard InChI is InChI=1S/C6H13N2/c1-5(7)6-2-3-8-4-6/h5-6H,2-4,7H2,1H3/t5-,6+/m0/s1. The van der Waals surface area contributed by atoms with E-state index in [0.29, 0.717) is 12.0 Å². The van der Waals surface area contributed by atoms with E-state index in [9.17, 15) is 0 Å². The molecule has 47 valence electrons. The molecular weight excluding hydrogens is 100 g/mol. The second kappa shape index (κ2) is 2.46. The van der Waals surface area contributed by atoms with Gasteiger partial charge in [0.05, 0.1) is 0 Å². The summed E-state index contributed by atoms with van der Waals surface area (Å²) >= 11 is 0. The molecule has 1 rings (SSSR count). The first-order chi connectivity index (χ1) is 3.80. The molecular formula is C6H13N2. The minimum Gasteiger partial charge on any atom is -0.328 e. The van der Waals surface area contributed by atoms with Crippen LogP contribution in [0, 0.1) is 5.92 Å². The van der Waals surface area contributed by atoms with Crippen molar-refractivity contribution in [1.82, 2.24) is 5.32 Å². The molecule has 0 spiro atoms. The van der Waals surface area contributed by atoms with E-state index in [2.05, 4.69) is 12.2 Å². The van der Waals surface area contributed by atoms with Crippen LogP contribution in [0.1, 0.15) is 13.3 Å². The highest BCUT2D eigenvalue weighted by Gasteiger charge is 2.18. The number of nitrogens with two attached hydrogens (primary N) is 1. The second-order valence-corrected chi connectivity index (χ2v) is 2.54. The largest absolute Gasteiger partial charge is 0.328 e. The van der Waals surface area contributed by atoms with E-state index in [1.165, 1.54) is 6.42 Å². The Labute approximate surface area is 50.4 Å². The van der Waals surface area contributed by atoms with Gasteiger partial charge in [0, 0.05) is 19.1 Å². The molecule has 2 N–H and O–H groups in total. The van der Waals surface area contributed by atoms with Gasteiger partial charge in [-0.3, -0.25) is 0 Å². The topological polar surface area (TPSA) is 40.1 Å². The van der Waals surface area contributed by atoms with Gasteiger partial charge in [-0.25, -0.2) is 5.32 Å². The van der Waals surface area contributed by atoms with Gasteiger partial charge in [0.15, 0.2) is 0 Å². The predicted octanol–water partition coefficient (Wildman–Crippen LogP) is -0.0421. The lowest BCUT2D eigenvalue weighted by atomic mass is 10.0. The predicted molar refractivity (Wildman–Crippen MR) is 33.6 cm³/mol. The van der Waals surface area contributed by atoms with Crippen LogP contribution in [0.2, 0.25) is 0 Å². The molecule has 0 saturated carbocycles. The van der Waals surface area contributed by atoms with Crippen LogP contribution in [-0.4, -0.2) is 19.1 Å². The molecule has 0 aromatic carbocycles. The van der Waals surface area contributed by atoms with Crippen LogP contribution in [0.3, 0.4) is 0 Å². The minimum absolute atomic E-state index is 0.348. The van der Waals surface area contributed by atoms with Crippen molar-refractivity contribution in [3.63, 3.8) is 0 Å². The fraction of sp³-hybridized carbons (Fsp3) is 1.00. The Kier molecular flexibility index (Phi) is 1.86. The van der Waals surface area contributed by atoms with Gasteiger partial charge in [0.1, 0.15) is 0 Å². The Morgan fingerprint density at radius 3 is 2.75 bits per heavy atom. The summed E-state index contributed by atoms with van der Waals surface area (Å²) in [6, 6.07) is 0.348. The maximum Gasteiger partial charge on any atom is 0.0176 e. The van der Waals surface area contributed by atoms with E-state index in [1.54, 1.807) is 0 Å². The molecule has 0 unspecified atom stereocenters. The van der Waals surface area contributed by atoms with Gasteiger partial charge >= 0.3 is 0 Å². The van der Waals surface area contributed by atoms with E-state index in [0.717, 1.165) is 13.1 Å². The van der Waals surface area contributed by atoms with Crippen molar-refractivity contribution in [2.75, 3.05) is 13.1 Å². The third-order valence-electron chi connectivity index (χ3n) is 1.77. The lowest BCUT2D eigenvalue weighted by molar-refractivity contribution is 0.483. The average Bonchev–Trinajstić information content (AvgIpc) is 2.12. The highest BCUT2D eigenvalue weighted by atomic mass is 14.9. The van der Waals surface area contributed by atoms with E-state index >= 15 is 0 Å². The molecule has 1 fully saturated rings. The van der Waals surface area contributed by atoms with Crippen LogP contribution in [-0.2, 0) is 0 Å². The molecule has 2 nitrogen and oxygen atoms in total. The SMILES string of the molecule is C[C@H](N)[C@@H]1CC[N]C1. The van der Waals surface area contributed by atoms with Crippen LogP contribution in [0.15, 0.2) is 0 Å². The molecule has 0 aromatic heterocycles. The lowest BCUT2D eigenvalue weighted by Gasteiger charge is -2.10. The Balaban J connectivity index is 2.24. The lowest BCUT2D eigenvalue weighted by Crippen LogP contribution is -2.27. The summed E-state index contributed by atoms with van der Waals surface area (Å²) in [4.78, 5) is 0. The maximum absolute atomic E-state index is 5.64. The van der Waals surface area contributed by atoms with Crippen molar-refractivity contribution < 1.29 is 0 Å². The van der Waals surface area contributed by atoms with Crippen LogP contribution in [0.5, 0.6) is 0 Å². The Bertz CT molecular complexity index is 64.9. The zero-order valence-corrected chi connectivity index (χ0v) is 5.30. The summed E-state index contributed by atoms with van der Waals surface area (Å²) < 4.78 is 0. The smallest absolute Gasteiger partial charge is 0.0176 e. The molecule has 1 aliphatic rings. The highest BCUT2D eigenvalue weighted by molar-refractivity contribution is 4.76. The molecule has 0 amide bonds. The maximum atomic E-state index is 5.64. The number of rotatable bonds is 1. The monoisotopic (exact) mass is 113 g/mol. The van der Waals surface area contributed by atoms with E-state index in [-0.39, 0.29) is 0 Å². The Morgan fingerprint density at radius 2 is 2.50 bits per heavy atom. The summed E-state index contributed by atoms with van der Waals surface area (Å²) in [5, 5.41) is 4.21. The third kappa shape index (κ3) is 1.20. The minimum atomic E-state index is 0.348. The van der Waals surface area contributed by atoms with E-state index in [1.807, 2.05) is 0 Å². The number of hydrogen-bond acceptors (Lipinski definition) is 1. The zero-order chi connectivity index (χ0) is 5.98. The molecule has 1 radical (unpaired) electrons. The van der Waals surface area contributed by atoms with Crippen LogP contribution in [0.25, 0.3) is 0 Å². The van der Waals surface area contributed by atoms with Crippen molar-refractivity contribution >= 4 is 0 Å². The second-order valence-electron chi connectivity index (χ2n) is 2.54. The summed E-state index contributed by atoms with van der Waals surface area (Å²) in [6.07, 6.45) is 1.21. The van der Waals surface area contributed by atoms with Gasteiger partial charge < -0.3 is 5.73 Å². The Hall–Kier alpha value is -0.0800.